The van der Waals surface area contributed by atoms with Gasteiger partial charge in [-0.15, -0.1) is 0 Å². The Bertz CT molecular complexity index is 803. The van der Waals surface area contributed by atoms with E-state index in [1.54, 1.807) is 11.2 Å². The Balaban J connectivity index is 1.81. The highest BCUT2D eigenvalue weighted by Crippen LogP contribution is 2.34. The molecule has 3 rings (SSSR count). The highest BCUT2D eigenvalue weighted by atomic mass is 16.6. The zero-order valence-electron chi connectivity index (χ0n) is 16.6. The number of H-pyrrole nitrogens is 1. The van der Waals surface area contributed by atoms with Gasteiger partial charge in [-0.25, -0.2) is 9.78 Å². The monoisotopic (exact) mass is 384 g/mol. The van der Waals surface area contributed by atoms with Crippen molar-refractivity contribution in [3.05, 3.63) is 53.6 Å². The van der Waals surface area contributed by atoms with E-state index in [1.807, 2.05) is 51.1 Å². The molecule has 2 N–H and O–H groups in total. The normalized spacial score (nSPS) is 18.6. The van der Waals surface area contributed by atoms with Crippen LogP contribution in [0.2, 0.25) is 0 Å². The van der Waals surface area contributed by atoms with Gasteiger partial charge < -0.3 is 15.0 Å². The predicted molar refractivity (Wildman–Crippen MR) is 105 cm³/mol. The summed E-state index contributed by atoms with van der Waals surface area (Å²) < 4.78 is 5.57. The van der Waals surface area contributed by atoms with Gasteiger partial charge in [0.25, 0.3) is 0 Å². The molecule has 2 heterocycles. The number of fused-ring (bicyclic) bond motifs is 1. The average molecular weight is 384 g/mol. The second-order valence-electron chi connectivity index (χ2n) is 7.49. The summed E-state index contributed by atoms with van der Waals surface area (Å²) in [5, 5.41) is 2.95. The van der Waals surface area contributed by atoms with Gasteiger partial charge in [-0.3, -0.25) is 9.69 Å². The van der Waals surface area contributed by atoms with Crippen LogP contribution in [-0.4, -0.2) is 39.5 Å². The standard InChI is InChI=1S/C21H28N4O3/c1-4-17-19-16(23-13-24-19)10-18(20(26)22-11-14(2)3)25(17)21(27)28-12-15-8-6-5-7-9-15/h5-9,13-14,17-18H,4,10-12H2,1-3H3,(H,22,26)(H,23,24)/t17-,18-/m0/s1. The largest absolute Gasteiger partial charge is 0.445 e. The number of amides is 2. The summed E-state index contributed by atoms with van der Waals surface area (Å²) in [7, 11) is 0. The molecule has 1 aliphatic heterocycles. The number of aromatic amines is 1. The molecule has 150 valence electrons. The third kappa shape index (κ3) is 4.35. The van der Waals surface area contributed by atoms with Crippen molar-refractivity contribution in [1.29, 1.82) is 0 Å². The molecule has 0 fully saturated rings. The minimum Gasteiger partial charge on any atom is -0.445 e. The van der Waals surface area contributed by atoms with Gasteiger partial charge in [0.15, 0.2) is 0 Å². The molecule has 0 bridgehead atoms. The number of rotatable bonds is 6. The van der Waals surface area contributed by atoms with E-state index >= 15 is 0 Å². The van der Waals surface area contributed by atoms with Crippen molar-refractivity contribution in [2.75, 3.05) is 6.54 Å². The quantitative estimate of drug-likeness (QED) is 0.801. The van der Waals surface area contributed by atoms with E-state index in [2.05, 4.69) is 15.3 Å². The molecule has 1 aromatic heterocycles. The van der Waals surface area contributed by atoms with Crippen LogP contribution < -0.4 is 5.32 Å². The van der Waals surface area contributed by atoms with E-state index in [-0.39, 0.29) is 18.6 Å². The fourth-order valence-electron chi connectivity index (χ4n) is 3.51. The van der Waals surface area contributed by atoms with Gasteiger partial charge in [-0.1, -0.05) is 51.1 Å². The van der Waals surface area contributed by atoms with Crippen LogP contribution >= 0.6 is 0 Å². The van der Waals surface area contributed by atoms with Crippen LogP contribution in [0.5, 0.6) is 0 Å². The average Bonchev–Trinajstić information content (AvgIpc) is 3.18. The molecule has 0 saturated heterocycles. The maximum atomic E-state index is 13.0. The molecule has 0 radical (unpaired) electrons. The summed E-state index contributed by atoms with van der Waals surface area (Å²) >= 11 is 0. The first kappa shape index (κ1) is 19.9. The fourth-order valence-corrected chi connectivity index (χ4v) is 3.51. The lowest BCUT2D eigenvalue weighted by atomic mass is 9.94. The molecular formula is C21H28N4O3. The van der Waals surface area contributed by atoms with E-state index in [0.29, 0.717) is 25.3 Å². The number of ether oxygens (including phenoxy) is 1. The molecular weight excluding hydrogens is 356 g/mol. The van der Waals surface area contributed by atoms with Gasteiger partial charge >= 0.3 is 6.09 Å². The van der Waals surface area contributed by atoms with Gasteiger partial charge in [0, 0.05) is 13.0 Å². The minimum absolute atomic E-state index is 0.169. The molecule has 1 aliphatic rings. The maximum Gasteiger partial charge on any atom is 0.411 e. The Morgan fingerprint density at radius 2 is 2.07 bits per heavy atom. The molecule has 2 aromatic rings. The Labute approximate surface area is 165 Å². The molecule has 7 nitrogen and oxygen atoms in total. The molecule has 0 saturated carbocycles. The third-order valence-electron chi connectivity index (χ3n) is 4.93. The highest BCUT2D eigenvalue weighted by Gasteiger charge is 2.42. The number of aromatic nitrogens is 2. The van der Waals surface area contributed by atoms with Crippen molar-refractivity contribution in [2.24, 2.45) is 5.92 Å². The summed E-state index contributed by atoms with van der Waals surface area (Å²) in [6.07, 6.45) is 2.17. The summed E-state index contributed by atoms with van der Waals surface area (Å²) in [6, 6.07) is 8.61. The first-order chi connectivity index (χ1) is 13.5. The van der Waals surface area contributed by atoms with E-state index < -0.39 is 12.1 Å². The van der Waals surface area contributed by atoms with Crippen LogP contribution in [0, 0.1) is 5.92 Å². The lowest BCUT2D eigenvalue weighted by Gasteiger charge is -2.39. The Morgan fingerprint density at radius 1 is 1.32 bits per heavy atom. The predicted octanol–water partition coefficient (Wildman–Crippen LogP) is 3.20. The van der Waals surface area contributed by atoms with Gasteiger partial charge in [0.05, 0.1) is 23.8 Å². The van der Waals surface area contributed by atoms with Gasteiger partial charge in [0.1, 0.15) is 12.6 Å². The summed E-state index contributed by atoms with van der Waals surface area (Å²) in [5.74, 6) is 0.159. The molecule has 28 heavy (non-hydrogen) atoms. The number of carbonyl (C=O) groups excluding carboxylic acids is 2. The molecule has 1 aromatic carbocycles. The van der Waals surface area contributed by atoms with Gasteiger partial charge in [0.2, 0.25) is 5.91 Å². The second kappa shape index (κ2) is 8.91. The Kier molecular flexibility index (Phi) is 6.34. The van der Waals surface area contributed by atoms with Gasteiger partial charge in [-0.2, -0.15) is 0 Å². The van der Waals surface area contributed by atoms with Crippen molar-refractivity contribution >= 4 is 12.0 Å². The Hall–Kier alpha value is -2.83. The van der Waals surface area contributed by atoms with Crippen molar-refractivity contribution in [2.45, 2.75) is 52.3 Å². The number of nitrogens with one attached hydrogen (secondary N) is 2. The molecule has 7 heteroatoms. The first-order valence-corrected chi connectivity index (χ1v) is 9.80. The molecule has 2 amide bonds. The summed E-state index contributed by atoms with van der Waals surface area (Å²) in [5.41, 5.74) is 2.62. The summed E-state index contributed by atoms with van der Waals surface area (Å²) in [4.78, 5) is 35.0. The number of hydrogen-bond acceptors (Lipinski definition) is 4. The van der Waals surface area contributed by atoms with E-state index in [4.69, 9.17) is 4.74 Å². The highest BCUT2D eigenvalue weighted by molar-refractivity contribution is 5.86. The van der Waals surface area contributed by atoms with Crippen molar-refractivity contribution < 1.29 is 14.3 Å². The number of imidazole rings is 1. The molecule has 0 unspecified atom stereocenters. The number of nitrogens with zero attached hydrogens (tertiary/aromatic N) is 2. The third-order valence-corrected chi connectivity index (χ3v) is 4.93. The van der Waals surface area contributed by atoms with E-state index in [0.717, 1.165) is 17.0 Å². The molecule has 0 spiro atoms. The van der Waals surface area contributed by atoms with E-state index in [9.17, 15) is 9.59 Å². The van der Waals surface area contributed by atoms with Crippen LogP contribution in [-0.2, 0) is 22.6 Å². The second-order valence-corrected chi connectivity index (χ2v) is 7.49. The van der Waals surface area contributed by atoms with Crippen molar-refractivity contribution in [3.63, 3.8) is 0 Å². The maximum absolute atomic E-state index is 13.0. The number of benzene rings is 1. The van der Waals surface area contributed by atoms with Crippen LogP contribution in [0.4, 0.5) is 4.79 Å². The SMILES string of the molecule is CC[C@H]1c2[nH]cnc2C[C@@H](C(=O)NCC(C)C)N1C(=O)OCc1ccccc1. The molecule has 0 aliphatic carbocycles. The van der Waals surface area contributed by atoms with Crippen molar-refractivity contribution in [1.82, 2.24) is 20.2 Å². The van der Waals surface area contributed by atoms with Gasteiger partial charge in [-0.05, 0) is 17.9 Å². The molecule has 2 atom stereocenters. The first-order valence-electron chi connectivity index (χ1n) is 9.80. The minimum atomic E-state index is -0.636. The fraction of sp³-hybridized carbons (Fsp3) is 0.476. The zero-order valence-corrected chi connectivity index (χ0v) is 16.6. The van der Waals surface area contributed by atoms with Crippen molar-refractivity contribution in [3.8, 4) is 0 Å². The smallest absolute Gasteiger partial charge is 0.411 e. The number of hydrogen-bond donors (Lipinski definition) is 2. The lowest BCUT2D eigenvalue weighted by molar-refractivity contribution is -0.127. The summed E-state index contributed by atoms with van der Waals surface area (Å²) in [6.45, 7) is 6.79. The zero-order chi connectivity index (χ0) is 20.1. The van der Waals surface area contributed by atoms with Crippen LogP contribution in [0.3, 0.4) is 0 Å². The topological polar surface area (TPSA) is 87.3 Å². The van der Waals surface area contributed by atoms with Crippen LogP contribution in [0.1, 0.15) is 50.2 Å². The van der Waals surface area contributed by atoms with Crippen LogP contribution in [0.25, 0.3) is 0 Å². The number of carbonyl (C=O) groups is 2. The van der Waals surface area contributed by atoms with Crippen LogP contribution in [0.15, 0.2) is 36.7 Å². The van der Waals surface area contributed by atoms with E-state index in [1.165, 1.54) is 0 Å². The Morgan fingerprint density at radius 3 is 2.75 bits per heavy atom. The lowest BCUT2D eigenvalue weighted by Crippen LogP contribution is -2.55.